The van der Waals surface area contributed by atoms with Crippen LogP contribution in [0.15, 0.2) is 62.4 Å². The molecule has 0 saturated heterocycles. The van der Waals surface area contributed by atoms with E-state index in [1.54, 1.807) is 36.4 Å². The van der Waals surface area contributed by atoms with Crippen molar-refractivity contribution in [1.82, 2.24) is 0 Å². The topological polar surface area (TPSA) is 43.4 Å². The molecule has 0 spiro atoms. The largest absolute Gasteiger partial charge is 0.378 e. The van der Waals surface area contributed by atoms with Crippen LogP contribution in [-0.2, 0) is 10.1 Å². The van der Waals surface area contributed by atoms with Crippen molar-refractivity contribution in [3.63, 3.8) is 0 Å². The van der Waals surface area contributed by atoms with Crippen molar-refractivity contribution in [3.8, 4) is 5.75 Å². The first-order valence-corrected chi connectivity index (χ1v) is 7.93. The van der Waals surface area contributed by atoms with E-state index in [9.17, 15) is 8.42 Å². The third-order valence-electron chi connectivity index (χ3n) is 2.14. The number of hydrogen-bond acceptors (Lipinski definition) is 3. The second kappa shape index (κ2) is 5.42. The maximum Gasteiger partial charge on any atom is 0.339 e. The first kappa shape index (κ1) is 13.6. The second-order valence-corrected chi connectivity index (χ2v) is 6.74. The van der Waals surface area contributed by atoms with Gasteiger partial charge < -0.3 is 4.18 Å². The Bertz CT molecular complexity index is 651. The molecule has 0 aliphatic heterocycles. The molecule has 0 amide bonds. The molecule has 0 aliphatic rings. The zero-order valence-corrected chi connectivity index (χ0v) is 13.0. The Balaban J connectivity index is 2.33. The van der Waals surface area contributed by atoms with Crippen LogP contribution in [0.4, 0.5) is 0 Å². The predicted octanol–water partition coefficient (Wildman–Crippen LogP) is 3.98. The molecule has 2 aromatic rings. The summed E-state index contributed by atoms with van der Waals surface area (Å²) in [5.41, 5.74) is 0. The number of rotatable bonds is 3. The zero-order chi connectivity index (χ0) is 13.2. The molecule has 3 nitrogen and oxygen atoms in total. The van der Waals surface area contributed by atoms with Crippen molar-refractivity contribution < 1.29 is 12.6 Å². The van der Waals surface area contributed by atoms with Crippen LogP contribution in [-0.4, -0.2) is 8.42 Å². The summed E-state index contributed by atoms with van der Waals surface area (Å²) in [7, 11) is -3.80. The molecule has 6 heteroatoms. The van der Waals surface area contributed by atoms with Gasteiger partial charge in [-0.1, -0.05) is 28.1 Å². The van der Waals surface area contributed by atoms with Crippen molar-refractivity contribution in [2.24, 2.45) is 0 Å². The molecule has 0 aromatic heterocycles. The number of hydrogen-bond donors (Lipinski definition) is 0. The SMILES string of the molecule is O=S(=O)(Oc1ccccc1Br)c1ccc(Br)cc1. The van der Waals surface area contributed by atoms with E-state index in [1.807, 2.05) is 0 Å². The van der Waals surface area contributed by atoms with Crippen LogP contribution in [0, 0.1) is 0 Å². The van der Waals surface area contributed by atoms with Gasteiger partial charge in [0.1, 0.15) is 4.90 Å². The lowest BCUT2D eigenvalue weighted by Crippen LogP contribution is -2.09. The van der Waals surface area contributed by atoms with Gasteiger partial charge in [0.15, 0.2) is 5.75 Å². The number of benzene rings is 2. The van der Waals surface area contributed by atoms with E-state index >= 15 is 0 Å². The molecule has 2 aromatic carbocycles. The van der Waals surface area contributed by atoms with E-state index in [-0.39, 0.29) is 10.6 Å². The maximum absolute atomic E-state index is 12.0. The Morgan fingerprint density at radius 2 is 1.50 bits per heavy atom. The highest BCUT2D eigenvalue weighted by Crippen LogP contribution is 2.27. The summed E-state index contributed by atoms with van der Waals surface area (Å²) in [6.45, 7) is 0. The van der Waals surface area contributed by atoms with Crippen molar-refractivity contribution >= 4 is 42.0 Å². The fourth-order valence-electron chi connectivity index (χ4n) is 1.28. The maximum atomic E-state index is 12.0. The summed E-state index contributed by atoms with van der Waals surface area (Å²) in [5.74, 6) is 0.264. The Hall–Kier alpha value is -0.850. The summed E-state index contributed by atoms with van der Waals surface area (Å²) < 4.78 is 30.5. The normalized spacial score (nSPS) is 11.2. The first-order valence-electron chi connectivity index (χ1n) is 4.93. The van der Waals surface area contributed by atoms with Crippen molar-refractivity contribution in [2.45, 2.75) is 4.90 Å². The highest BCUT2D eigenvalue weighted by molar-refractivity contribution is 9.10. The molecular weight excluding hydrogens is 384 g/mol. The molecule has 0 aliphatic carbocycles. The third-order valence-corrected chi connectivity index (χ3v) is 4.57. The summed E-state index contributed by atoms with van der Waals surface area (Å²) in [5, 5.41) is 0. The lowest BCUT2D eigenvalue weighted by Gasteiger charge is -2.08. The minimum Gasteiger partial charge on any atom is -0.378 e. The van der Waals surface area contributed by atoms with E-state index in [4.69, 9.17) is 4.18 Å². The van der Waals surface area contributed by atoms with E-state index in [0.717, 1.165) is 4.47 Å². The minimum absolute atomic E-state index is 0.112. The number of para-hydroxylation sites is 1. The van der Waals surface area contributed by atoms with Crippen molar-refractivity contribution in [3.05, 3.63) is 57.5 Å². The Morgan fingerprint density at radius 1 is 0.889 bits per heavy atom. The highest BCUT2D eigenvalue weighted by atomic mass is 79.9. The van der Waals surface area contributed by atoms with E-state index in [1.165, 1.54) is 12.1 Å². The molecule has 0 saturated carbocycles. The van der Waals surface area contributed by atoms with Gasteiger partial charge in [0.05, 0.1) is 4.47 Å². The van der Waals surface area contributed by atoms with E-state index in [0.29, 0.717) is 4.47 Å². The van der Waals surface area contributed by atoms with Gasteiger partial charge in [-0.05, 0) is 52.3 Å². The average Bonchev–Trinajstić information content (AvgIpc) is 2.32. The number of halogens is 2. The van der Waals surface area contributed by atoms with Crippen LogP contribution in [0.2, 0.25) is 0 Å². The Kier molecular flexibility index (Phi) is 4.09. The second-order valence-electron chi connectivity index (χ2n) is 3.42. The predicted molar refractivity (Wildman–Crippen MR) is 76.1 cm³/mol. The molecule has 2 rings (SSSR count). The van der Waals surface area contributed by atoms with Gasteiger partial charge in [0, 0.05) is 4.47 Å². The van der Waals surface area contributed by atoms with Crippen LogP contribution < -0.4 is 4.18 Å². The molecular formula is C12H8Br2O3S. The zero-order valence-electron chi connectivity index (χ0n) is 9.01. The molecule has 0 heterocycles. The fraction of sp³-hybridized carbons (Fsp3) is 0. The molecule has 0 fully saturated rings. The molecule has 0 unspecified atom stereocenters. The van der Waals surface area contributed by atoms with Gasteiger partial charge in [-0.2, -0.15) is 8.42 Å². The van der Waals surface area contributed by atoms with Crippen molar-refractivity contribution in [1.29, 1.82) is 0 Å². The minimum atomic E-state index is -3.80. The summed E-state index contributed by atoms with van der Waals surface area (Å²) in [6.07, 6.45) is 0. The molecule has 0 bridgehead atoms. The van der Waals surface area contributed by atoms with Gasteiger partial charge in [0.25, 0.3) is 0 Å². The van der Waals surface area contributed by atoms with Gasteiger partial charge in [0.2, 0.25) is 0 Å². The Labute approximate surface area is 122 Å². The van der Waals surface area contributed by atoms with Gasteiger partial charge in [-0.3, -0.25) is 0 Å². The van der Waals surface area contributed by atoms with Crippen LogP contribution >= 0.6 is 31.9 Å². The van der Waals surface area contributed by atoms with E-state index < -0.39 is 10.1 Å². The smallest absolute Gasteiger partial charge is 0.339 e. The van der Waals surface area contributed by atoms with E-state index in [2.05, 4.69) is 31.9 Å². The average molecular weight is 392 g/mol. The molecule has 94 valence electrons. The first-order chi connectivity index (χ1) is 8.49. The third kappa shape index (κ3) is 3.13. The van der Waals surface area contributed by atoms with Gasteiger partial charge in [-0.15, -0.1) is 0 Å². The lowest BCUT2D eigenvalue weighted by atomic mass is 10.3. The van der Waals surface area contributed by atoms with Gasteiger partial charge >= 0.3 is 10.1 Å². The fourth-order valence-corrected chi connectivity index (χ4v) is 2.96. The molecule has 18 heavy (non-hydrogen) atoms. The summed E-state index contributed by atoms with van der Waals surface area (Å²) in [4.78, 5) is 0.112. The van der Waals surface area contributed by atoms with Crippen molar-refractivity contribution in [2.75, 3.05) is 0 Å². The summed E-state index contributed by atoms with van der Waals surface area (Å²) >= 11 is 6.48. The van der Waals surface area contributed by atoms with Crippen LogP contribution in [0.5, 0.6) is 5.75 Å². The van der Waals surface area contributed by atoms with Crippen LogP contribution in [0.1, 0.15) is 0 Å². The Morgan fingerprint density at radius 3 is 2.11 bits per heavy atom. The molecule has 0 radical (unpaired) electrons. The standard InChI is InChI=1S/C12H8Br2O3S/c13-9-5-7-10(8-6-9)18(15,16)17-12-4-2-1-3-11(12)14/h1-8H. The van der Waals surface area contributed by atoms with Crippen LogP contribution in [0.3, 0.4) is 0 Å². The molecule has 0 N–H and O–H groups in total. The summed E-state index contributed by atoms with van der Waals surface area (Å²) in [6, 6.07) is 13.0. The monoisotopic (exact) mass is 390 g/mol. The lowest BCUT2D eigenvalue weighted by molar-refractivity contribution is 0.484. The van der Waals surface area contributed by atoms with Crippen LogP contribution in [0.25, 0.3) is 0 Å². The molecule has 0 atom stereocenters. The quantitative estimate of drug-likeness (QED) is 0.743. The highest BCUT2D eigenvalue weighted by Gasteiger charge is 2.17. The van der Waals surface area contributed by atoms with Gasteiger partial charge in [-0.25, -0.2) is 0 Å².